The van der Waals surface area contributed by atoms with Gasteiger partial charge < -0.3 is 24.0 Å². The van der Waals surface area contributed by atoms with Crippen molar-refractivity contribution in [3.8, 4) is 0 Å². The molecule has 2 rings (SSSR count). The number of fused-ring (bicyclic) bond motifs is 1. The molecule has 0 aliphatic heterocycles. The van der Waals surface area contributed by atoms with Crippen LogP contribution in [0.4, 0.5) is 5.13 Å². The van der Waals surface area contributed by atoms with Gasteiger partial charge in [0.1, 0.15) is 5.69 Å². The van der Waals surface area contributed by atoms with Gasteiger partial charge in [-0.2, -0.15) is 0 Å². The minimum atomic E-state index is 0. The minimum absolute atomic E-state index is 0. The summed E-state index contributed by atoms with van der Waals surface area (Å²) in [7, 11) is 0. The quantitative estimate of drug-likeness (QED) is 0.455. The molecular weight excluding hydrogens is 283 g/mol. The van der Waals surface area contributed by atoms with Crippen LogP contribution in [0.5, 0.6) is 0 Å². The molecule has 0 saturated carbocycles. The number of anilines is 1. The summed E-state index contributed by atoms with van der Waals surface area (Å²) in [6.07, 6.45) is 6.45. The van der Waals surface area contributed by atoms with E-state index in [1.54, 1.807) is 11.3 Å². The highest BCUT2D eigenvalue weighted by Gasteiger charge is 2.15. The Hall–Kier alpha value is 0.160. The number of aromatic nitrogens is 1. The molecule has 0 radical (unpaired) electrons. The number of rotatable bonds is 0. The van der Waals surface area contributed by atoms with Gasteiger partial charge in [0.2, 0.25) is 0 Å². The molecule has 0 unspecified atom stereocenters. The summed E-state index contributed by atoms with van der Waals surface area (Å²) in [5, 5.41) is 0.872. The van der Waals surface area contributed by atoms with E-state index in [4.69, 9.17) is 5.73 Å². The normalized spacial score (nSPS) is 16.0. The number of thiazole rings is 1. The Balaban J connectivity index is 0.000000720. The fraction of sp³-hybridized carbons (Fsp3) is 0.625. The maximum absolute atomic E-state index is 5.67. The van der Waals surface area contributed by atoms with Gasteiger partial charge >= 0.3 is 5.13 Å². The van der Waals surface area contributed by atoms with Crippen LogP contribution in [0, 0.1) is 0 Å². The van der Waals surface area contributed by atoms with Crippen LogP contribution < -0.4 is 34.7 Å². The van der Waals surface area contributed by atoms with Gasteiger partial charge in [-0.1, -0.05) is 17.8 Å². The smallest absolute Gasteiger partial charge is 0.329 e. The summed E-state index contributed by atoms with van der Waals surface area (Å²) in [6.45, 7) is 0. The number of nitrogen functional groups attached to an aromatic ring is 1. The maximum Gasteiger partial charge on any atom is 0.329 e. The van der Waals surface area contributed by atoms with E-state index < -0.39 is 0 Å². The third-order valence-corrected chi connectivity index (χ3v) is 3.19. The van der Waals surface area contributed by atoms with Crippen molar-refractivity contribution in [1.82, 2.24) is 0 Å². The average molecular weight is 296 g/mol. The molecule has 0 saturated heterocycles. The van der Waals surface area contributed by atoms with Gasteiger partial charge in [0, 0.05) is 6.42 Å². The highest BCUT2D eigenvalue weighted by Crippen LogP contribution is 2.23. The SMILES string of the molecule is Nc1[nH+]c2c(s1)CCCCC2.[I-]. The molecule has 2 nitrogen and oxygen atoms in total. The maximum atomic E-state index is 5.67. The van der Waals surface area contributed by atoms with E-state index in [0.29, 0.717) is 0 Å². The van der Waals surface area contributed by atoms with Crippen molar-refractivity contribution in [2.75, 3.05) is 5.73 Å². The van der Waals surface area contributed by atoms with Gasteiger partial charge in [0.25, 0.3) is 0 Å². The highest BCUT2D eigenvalue weighted by molar-refractivity contribution is 7.15. The average Bonchev–Trinajstić information content (AvgIpc) is 2.17. The van der Waals surface area contributed by atoms with Crippen LogP contribution in [-0.4, -0.2) is 0 Å². The highest BCUT2D eigenvalue weighted by atomic mass is 127. The van der Waals surface area contributed by atoms with Gasteiger partial charge in [0.15, 0.2) is 0 Å². The third-order valence-electron chi connectivity index (χ3n) is 2.17. The molecule has 1 aromatic heterocycles. The molecule has 0 bridgehead atoms. The number of aryl methyl sites for hydroxylation is 2. The molecule has 0 fully saturated rings. The zero-order valence-electron chi connectivity index (χ0n) is 6.90. The van der Waals surface area contributed by atoms with Crippen LogP contribution in [0.25, 0.3) is 0 Å². The van der Waals surface area contributed by atoms with E-state index in [0.717, 1.165) is 5.13 Å². The molecule has 1 aliphatic carbocycles. The predicted octanol–water partition coefficient (Wildman–Crippen LogP) is -1.58. The molecule has 3 N–H and O–H groups in total. The van der Waals surface area contributed by atoms with Crippen LogP contribution in [0.15, 0.2) is 0 Å². The Morgan fingerprint density at radius 1 is 1.17 bits per heavy atom. The summed E-state index contributed by atoms with van der Waals surface area (Å²) < 4.78 is 0. The van der Waals surface area contributed by atoms with Crippen molar-refractivity contribution in [1.29, 1.82) is 0 Å². The minimum Gasteiger partial charge on any atom is -1.00 e. The van der Waals surface area contributed by atoms with E-state index in [1.807, 2.05) is 0 Å². The van der Waals surface area contributed by atoms with E-state index >= 15 is 0 Å². The van der Waals surface area contributed by atoms with Gasteiger partial charge in [-0.25, -0.2) is 4.98 Å². The van der Waals surface area contributed by atoms with Gasteiger partial charge in [-0.3, -0.25) is 5.73 Å². The van der Waals surface area contributed by atoms with Crippen LogP contribution in [0.2, 0.25) is 0 Å². The Bertz CT molecular complexity index is 236. The zero-order chi connectivity index (χ0) is 7.68. The standard InChI is InChI=1S/C8H12N2S.HI/c9-8-10-6-4-2-1-3-5-7(6)11-8;/h1-5H2,(H2,9,10);1H. The fourth-order valence-electron chi connectivity index (χ4n) is 1.61. The van der Waals surface area contributed by atoms with Gasteiger partial charge in [-0.15, -0.1) is 0 Å². The summed E-state index contributed by atoms with van der Waals surface area (Å²) in [5.41, 5.74) is 7.07. The third kappa shape index (κ3) is 2.10. The Labute approximate surface area is 93.6 Å². The largest absolute Gasteiger partial charge is 1.00 e. The Kier molecular flexibility index (Phi) is 3.77. The fourth-order valence-corrected chi connectivity index (χ4v) is 2.57. The van der Waals surface area contributed by atoms with Crippen molar-refractivity contribution >= 4 is 16.5 Å². The van der Waals surface area contributed by atoms with Crippen molar-refractivity contribution in [2.45, 2.75) is 32.1 Å². The summed E-state index contributed by atoms with van der Waals surface area (Å²) >= 11 is 1.73. The number of nitrogens with two attached hydrogens (primary N) is 1. The van der Waals surface area contributed by atoms with E-state index in [-0.39, 0.29) is 24.0 Å². The molecule has 0 aromatic carbocycles. The molecule has 1 aromatic rings. The lowest BCUT2D eigenvalue weighted by Crippen LogP contribution is -3.00. The van der Waals surface area contributed by atoms with Crippen molar-refractivity contribution in [3.63, 3.8) is 0 Å². The predicted molar refractivity (Wildman–Crippen MR) is 46.5 cm³/mol. The molecule has 4 heteroatoms. The zero-order valence-corrected chi connectivity index (χ0v) is 9.87. The lowest BCUT2D eigenvalue weighted by Gasteiger charge is -1.87. The first-order chi connectivity index (χ1) is 5.36. The second-order valence-electron chi connectivity index (χ2n) is 3.05. The van der Waals surface area contributed by atoms with E-state index in [9.17, 15) is 0 Å². The summed E-state index contributed by atoms with van der Waals surface area (Å²) in [6, 6.07) is 0. The monoisotopic (exact) mass is 296 g/mol. The Morgan fingerprint density at radius 2 is 1.92 bits per heavy atom. The van der Waals surface area contributed by atoms with Gasteiger partial charge in [-0.05, 0) is 19.3 Å². The molecule has 12 heavy (non-hydrogen) atoms. The first-order valence-electron chi connectivity index (χ1n) is 4.15. The summed E-state index contributed by atoms with van der Waals surface area (Å²) in [4.78, 5) is 4.72. The second kappa shape index (κ2) is 4.41. The molecular formula is C8H13IN2S. The van der Waals surface area contributed by atoms with Crippen LogP contribution in [0.3, 0.4) is 0 Å². The van der Waals surface area contributed by atoms with Gasteiger partial charge in [0.05, 0.1) is 4.88 Å². The number of hydrogen-bond donors (Lipinski definition) is 1. The van der Waals surface area contributed by atoms with Crippen molar-refractivity contribution in [3.05, 3.63) is 10.6 Å². The lowest BCUT2D eigenvalue weighted by atomic mass is 10.2. The molecule has 1 heterocycles. The van der Waals surface area contributed by atoms with E-state index in [2.05, 4.69) is 4.98 Å². The van der Waals surface area contributed by atoms with Crippen LogP contribution >= 0.6 is 11.3 Å². The molecule has 1 aliphatic rings. The van der Waals surface area contributed by atoms with Crippen molar-refractivity contribution in [2.24, 2.45) is 0 Å². The Morgan fingerprint density at radius 3 is 2.75 bits per heavy atom. The number of halogens is 1. The molecule has 0 atom stereocenters. The summed E-state index contributed by atoms with van der Waals surface area (Å²) in [5.74, 6) is 0. The number of H-pyrrole nitrogens is 1. The van der Waals surface area contributed by atoms with E-state index in [1.165, 1.54) is 42.7 Å². The van der Waals surface area contributed by atoms with Crippen LogP contribution in [0.1, 0.15) is 29.8 Å². The topological polar surface area (TPSA) is 40.2 Å². The molecule has 68 valence electrons. The second-order valence-corrected chi connectivity index (χ2v) is 4.19. The first kappa shape index (κ1) is 10.2. The first-order valence-corrected chi connectivity index (χ1v) is 4.97. The lowest BCUT2D eigenvalue weighted by molar-refractivity contribution is -0.367. The number of nitrogens with one attached hydrogen (secondary N) is 1. The molecule has 0 amide bonds. The number of hydrogen-bond acceptors (Lipinski definition) is 2. The molecule has 0 spiro atoms. The van der Waals surface area contributed by atoms with Crippen LogP contribution in [-0.2, 0) is 12.8 Å². The van der Waals surface area contributed by atoms with Crippen molar-refractivity contribution < 1.29 is 29.0 Å². The number of aromatic amines is 1.